The van der Waals surface area contributed by atoms with Gasteiger partial charge in [-0.05, 0) is 38.5 Å². The number of esters is 1. The zero-order valence-electron chi connectivity index (χ0n) is 19.1. The Morgan fingerprint density at radius 2 is 2.00 bits per heavy atom. The molecule has 0 aliphatic heterocycles. The van der Waals surface area contributed by atoms with E-state index in [9.17, 15) is 18.4 Å². The summed E-state index contributed by atoms with van der Waals surface area (Å²) >= 11 is 2.48. The molecule has 0 saturated carbocycles. The van der Waals surface area contributed by atoms with Gasteiger partial charge in [-0.1, -0.05) is 18.7 Å². The first-order chi connectivity index (χ1) is 16.2. The van der Waals surface area contributed by atoms with Crippen molar-refractivity contribution < 1.29 is 27.8 Å². The van der Waals surface area contributed by atoms with E-state index in [1.54, 1.807) is 31.5 Å². The largest absolute Gasteiger partial charge is 0.480 e. The van der Waals surface area contributed by atoms with Gasteiger partial charge in [-0.25, -0.2) is 13.6 Å². The third-order valence-corrected chi connectivity index (χ3v) is 6.86. The van der Waals surface area contributed by atoms with Crippen LogP contribution in [0, 0.1) is 11.6 Å². The minimum Gasteiger partial charge on any atom is -0.480 e. The lowest BCUT2D eigenvalue weighted by Gasteiger charge is -2.14. The van der Waals surface area contributed by atoms with E-state index >= 15 is 0 Å². The Hall–Kier alpha value is -2.99. The smallest absolute Gasteiger partial charge is 0.341 e. The van der Waals surface area contributed by atoms with E-state index in [4.69, 9.17) is 9.47 Å². The molecule has 182 valence electrons. The maximum Gasteiger partial charge on any atom is 0.341 e. The van der Waals surface area contributed by atoms with Crippen LogP contribution in [-0.2, 0) is 23.0 Å². The van der Waals surface area contributed by atoms with Gasteiger partial charge in [-0.15, -0.1) is 21.5 Å². The summed E-state index contributed by atoms with van der Waals surface area (Å²) in [4.78, 5) is 25.7. The number of hydrogen-bond donors (Lipinski definition) is 1. The van der Waals surface area contributed by atoms with Gasteiger partial charge in [0, 0.05) is 18.0 Å². The quantitative estimate of drug-likeness (QED) is 0.310. The van der Waals surface area contributed by atoms with Gasteiger partial charge < -0.3 is 19.4 Å². The predicted octanol–water partition coefficient (Wildman–Crippen LogP) is 4.76. The fourth-order valence-electron chi connectivity index (χ4n) is 2.98. The van der Waals surface area contributed by atoms with Gasteiger partial charge >= 0.3 is 5.97 Å². The Morgan fingerprint density at radius 3 is 2.68 bits per heavy atom. The molecule has 1 unspecified atom stereocenters. The fraction of sp³-hybridized carbons (Fsp3) is 0.364. The average Bonchev–Trinajstić information content (AvgIpc) is 3.37. The number of aryl methyl sites for hydroxylation is 1. The van der Waals surface area contributed by atoms with Gasteiger partial charge in [-0.3, -0.25) is 4.79 Å². The van der Waals surface area contributed by atoms with Crippen molar-refractivity contribution in [2.24, 2.45) is 7.05 Å². The van der Waals surface area contributed by atoms with Crippen LogP contribution >= 0.6 is 23.1 Å². The molecule has 0 fully saturated rings. The first-order valence-electron chi connectivity index (χ1n) is 10.5. The van der Waals surface area contributed by atoms with E-state index in [2.05, 4.69) is 15.5 Å². The number of anilines is 1. The Labute approximate surface area is 203 Å². The van der Waals surface area contributed by atoms with Crippen molar-refractivity contribution in [2.45, 2.75) is 38.5 Å². The zero-order valence-corrected chi connectivity index (χ0v) is 20.7. The minimum atomic E-state index is -0.817. The topological polar surface area (TPSA) is 95.3 Å². The van der Waals surface area contributed by atoms with Gasteiger partial charge in [0.25, 0.3) is 0 Å². The highest BCUT2D eigenvalue weighted by atomic mass is 32.2. The van der Waals surface area contributed by atoms with Crippen molar-refractivity contribution >= 4 is 40.0 Å². The van der Waals surface area contributed by atoms with Crippen LogP contribution in [0.3, 0.4) is 0 Å². The zero-order chi connectivity index (χ0) is 24.8. The highest BCUT2D eigenvalue weighted by Crippen LogP contribution is 2.30. The van der Waals surface area contributed by atoms with Gasteiger partial charge in [0.05, 0.1) is 17.9 Å². The number of nitrogens with one attached hydrogen (secondary N) is 1. The SMILES string of the molecule is CCOC(=O)c1cc(CC)sc1NC(=O)CSc1nnc(C(C)Oc2ccc(F)cc2F)n1C. The third-order valence-electron chi connectivity index (χ3n) is 4.64. The fourth-order valence-corrected chi connectivity index (χ4v) is 4.70. The molecule has 8 nitrogen and oxygen atoms in total. The molecular weight excluding hydrogens is 486 g/mol. The highest BCUT2D eigenvalue weighted by Gasteiger charge is 2.21. The number of aromatic nitrogens is 3. The van der Waals surface area contributed by atoms with Gasteiger partial charge in [-0.2, -0.15) is 0 Å². The lowest BCUT2D eigenvalue weighted by atomic mass is 10.2. The Balaban J connectivity index is 1.63. The Bertz CT molecular complexity index is 1180. The number of carbonyl (C=O) groups excluding carboxylic acids is 2. The van der Waals surface area contributed by atoms with E-state index in [1.165, 1.54) is 17.4 Å². The van der Waals surface area contributed by atoms with Crippen LogP contribution < -0.4 is 10.1 Å². The first-order valence-corrected chi connectivity index (χ1v) is 12.3. The number of nitrogens with zero attached hydrogens (tertiary/aromatic N) is 3. The molecule has 0 radical (unpaired) electrons. The number of amides is 1. The number of rotatable bonds is 10. The van der Waals surface area contributed by atoms with Crippen LogP contribution in [0.5, 0.6) is 5.75 Å². The predicted molar refractivity (Wildman–Crippen MR) is 125 cm³/mol. The summed E-state index contributed by atoms with van der Waals surface area (Å²) < 4.78 is 39.2. The number of carbonyl (C=O) groups is 2. The van der Waals surface area contributed by atoms with Crippen molar-refractivity contribution in [3.8, 4) is 5.75 Å². The molecule has 2 aromatic heterocycles. The molecule has 0 bridgehead atoms. The van der Waals surface area contributed by atoms with Crippen LogP contribution in [0.4, 0.5) is 13.8 Å². The van der Waals surface area contributed by atoms with E-state index < -0.39 is 23.7 Å². The number of halogens is 2. The molecular formula is C22H24F2N4O4S2. The summed E-state index contributed by atoms with van der Waals surface area (Å²) in [6.07, 6.45) is 0.0530. The van der Waals surface area contributed by atoms with Crippen LogP contribution in [0.2, 0.25) is 0 Å². The van der Waals surface area contributed by atoms with Crippen molar-refractivity contribution in [2.75, 3.05) is 17.7 Å². The second-order valence-corrected chi connectivity index (χ2v) is 9.18. The summed E-state index contributed by atoms with van der Waals surface area (Å²) in [6.45, 7) is 5.58. The molecule has 1 aromatic carbocycles. The highest BCUT2D eigenvalue weighted by molar-refractivity contribution is 7.99. The molecule has 1 N–H and O–H groups in total. The molecule has 0 saturated heterocycles. The molecule has 3 rings (SSSR count). The van der Waals surface area contributed by atoms with Gasteiger partial charge in [0.2, 0.25) is 5.91 Å². The van der Waals surface area contributed by atoms with Crippen LogP contribution in [0.25, 0.3) is 0 Å². The molecule has 0 spiro atoms. The van der Waals surface area contributed by atoms with E-state index in [0.29, 0.717) is 21.5 Å². The number of benzene rings is 1. The maximum absolute atomic E-state index is 13.9. The number of ether oxygens (including phenoxy) is 2. The first kappa shape index (κ1) is 25.6. The molecule has 0 aliphatic rings. The molecule has 3 aromatic rings. The van der Waals surface area contributed by atoms with E-state index in [1.807, 2.05) is 6.92 Å². The van der Waals surface area contributed by atoms with Crippen molar-refractivity contribution in [1.29, 1.82) is 0 Å². The second-order valence-electron chi connectivity index (χ2n) is 7.10. The monoisotopic (exact) mass is 510 g/mol. The number of hydrogen-bond acceptors (Lipinski definition) is 8. The second kappa shape index (κ2) is 11.4. The lowest BCUT2D eigenvalue weighted by Crippen LogP contribution is -2.16. The van der Waals surface area contributed by atoms with Gasteiger partial charge in [0.1, 0.15) is 10.8 Å². The van der Waals surface area contributed by atoms with E-state index in [0.717, 1.165) is 35.2 Å². The van der Waals surface area contributed by atoms with Crippen LogP contribution in [0.1, 0.15) is 47.9 Å². The molecule has 1 atom stereocenters. The summed E-state index contributed by atoms with van der Waals surface area (Å²) in [7, 11) is 1.70. The van der Waals surface area contributed by atoms with Crippen molar-refractivity contribution in [3.05, 3.63) is 52.2 Å². The standard InChI is InChI=1S/C22H24F2N4O4S2/c1-5-14-10-15(21(30)31-6-2)20(34-14)25-18(29)11-33-22-27-26-19(28(22)4)12(3)32-17-8-7-13(23)9-16(17)24/h7-10,12H,5-6,11H2,1-4H3,(H,25,29). The average molecular weight is 511 g/mol. The molecule has 0 aliphatic carbocycles. The lowest BCUT2D eigenvalue weighted by molar-refractivity contribution is -0.113. The summed E-state index contributed by atoms with van der Waals surface area (Å²) in [5.74, 6) is -1.99. The molecule has 12 heteroatoms. The molecule has 34 heavy (non-hydrogen) atoms. The third kappa shape index (κ3) is 6.11. The van der Waals surface area contributed by atoms with Crippen molar-refractivity contribution in [3.63, 3.8) is 0 Å². The normalized spacial score (nSPS) is 11.8. The Kier molecular flexibility index (Phi) is 8.61. The van der Waals surface area contributed by atoms with Crippen LogP contribution in [-0.4, -0.2) is 39.0 Å². The maximum atomic E-state index is 13.9. The van der Waals surface area contributed by atoms with E-state index in [-0.39, 0.29) is 24.0 Å². The summed E-state index contributed by atoms with van der Waals surface area (Å²) in [5, 5.41) is 11.8. The molecule has 1 amide bonds. The molecule has 2 heterocycles. The Morgan fingerprint density at radius 1 is 1.24 bits per heavy atom. The van der Waals surface area contributed by atoms with Crippen LogP contribution in [0.15, 0.2) is 29.4 Å². The summed E-state index contributed by atoms with van der Waals surface area (Å²) in [5.41, 5.74) is 0.335. The van der Waals surface area contributed by atoms with Gasteiger partial charge in [0.15, 0.2) is 28.7 Å². The minimum absolute atomic E-state index is 0.0232. The number of thioether (sulfide) groups is 1. The summed E-state index contributed by atoms with van der Waals surface area (Å²) in [6, 6.07) is 4.78. The van der Waals surface area contributed by atoms with Crippen molar-refractivity contribution in [1.82, 2.24) is 14.8 Å². The number of thiophene rings is 1.